The zero-order chi connectivity index (χ0) is 19.3. The van der Waals surface area contributed by atoms with Crippen LogP contribution in [-0.4, -0.2) is 52.9 Å². The molecular weight excluding hydrogens is 350 g/mol. The smallest absolute Gasteiger partial charge is 0.256 e. The van der Waals surface area contributed by atoms with Crippen LogP contribution in [0.25, 0.3) is 10.9 Å². The topological polar surface area (TPSA) is 65.1 Å². The van der Waals surface area contributed by atoms with Crippen molar-refractivity contribution in [2.24, 2.45) is 0 Å². The molecule has 2 aromatic heterocycles. The lowest BCUT2D eigenvalue weighted by atomic mass is 9.77. The Bertz CT molecular complexity index is 1050. The standard InChI is InChI=1S/C22H25N5O/c1-26(2)21-24-12-15-8-10-22(19(15)25-21)9-5-11-27(14-22)20(28)17-13-23-18-7-4-3-6-16(17)18/h3-4,6-7,12-13,23H,5,8-11,14H2,1-2H3. The van der Waals surface area contributed by atoms with Gasteiger partial charge < -0.3 is 14.8 Å². The molecule has 3 aromatic rings. The molecule has 2 aliphatic rings. The highest BCUT2D eigenvalue weighted by molar-refractivity contribution is 6.06. The molecule has 6 heteroatoms. The Morgan fingerprint density at radius 2 is 2.11 bits per heavy atom. The van der Waals surface area contributed by atoms with E-state index in [9.17, 15) is 4.79 Å². The van der Waals surface area contributed by atoms with Crippen molar-refractivity contribution in [2.45, 2.75) is 31.1 Å². The third kappa shape index (κ3) is 2.58. The summed E-state index contributed by atoms with van der Waals surface area (Å²) in [5, 5.41) is 0.996. The molecule has 1 saturated heterocycles. The van der Waals surface area contributed by atoms with Crippen LogP contribution in [0, 0.1) is 0 Å². The molecule has 0 saturated carbocycles. The van der Waals surface area contributed by atoms with E-state index < -0.39 is 0 Å². The molecular formula is C22H25N5O. The molecule has 5 rings (SSSR count). The van der Waals surface area contributed by atoms with E-state index in [0.717, 1.165) is 66.9 Å². The van der Waals surface area contributed by atoms with Gasteiger partial charge >= 0.3 is 0 Å². The van der Waals surface area contributed by atoms with Gasteiger partial charge in [0.1, 0.15) is 0 Å². The molecule has 1 unspecified atom stereocenters. The third-order valence-electron chi connectivity index (χ3n) is 6.31. The molecule has 0 radical (unpaired) electrons. The average molecular weight is 375 g/mol. The molecule has 1 atom stereocenters. The van der Waals surface area contributed by atoms with Gasteiger partial charge in [-0.15, -0.1) is 0 Å². The summed E-state index contributed by atoms with van der Waals surface area (Å²) in [5.74, 6) is 0.868. The fraction of sp³-hybridized carbons (Fsp3) is 0.409. The van der Waals surface area contributed by atoms with E-state index in [1.54, 1.807) is 0 Å². The lowest BCUT2D eigenvalue weighted by molar-refractivity contribution is 0.0635. The minimum Gasteiger partial charge on any atom is -0.360 e. The van der Waals surface area contributed by atoms with E-state index in [2.05, 4.69) is 9.97 Å². The number of carbonyl (C=O) groups is 1. The second-order valence-electron chi connectivity index (χ2n) is 8.30. The summed E-state index contributed by atoms with van der Waals surface area (Å²) in [6.45, 7) is 1.54. The number of aromatic nitrogens is 3. The highest BCUT2D eigenvalue weighted by Gasteiger charge is 2.45. The Kier molecular flexibility index (Phi) is 3.89. The van der Waals surface area contributed by atoms with Crippen molar-refractivity contribution in [1.29, 1.82) is 0 Å². The number of rotatable bonds is 2. The first kappa shape index (κ1) is 17.2. The fourth-order valence-electron chi connectivity index (χ4n) is 4.87. The number of carbonyl (C=O) groups excluding carboxylic acids is 1. The summed E-state index contributed by atoms with van der Waals surface area (Å²) >= 11 is 0. The van der Waals surface area contributed by atoms with Gasteiger partial charge in [0.2, 0.25) is 5.95 Å². The molecule has 6 nitrogen and oxygen atoms in total. The monoisotopic (exact) mass is 375 g/mol. The number of nitrogens with one attached hydrogen (secondary N) is 1. The first-order chi connectivity index (χ1) is 13.6. The number of benzene rings is 1. The highest BCUT2D eigenvalue weighted by atomic mass is 16.2. The molecule has 28 heavy (non-hydrogen) atoms. The predicted octanol–water partition coefficient (Wildman–Crippen LogP) is 3.14. The van der Waals surface area contributed by atoms with Gasteiger partial charge in [0.05, 0.1) is 11.3 Å². The van der Waals surface area contributed by atoms with Crippen LogP contribution < -0.4 is 4.90 Å². The molecule has 0 bridgehead atoms. The third-order valence-corrected chi connectivity index (χ3v) is 6.31. The van der Waals surface area contributed by atoms with Crippen LogP contribution in [0.3, 0.4) is 0 Å². The van der Waals surface area contributed by atoms with Crippen molar-refractivity contribution in [3.8, 4) is 0 Å². The van der Waals surface area contributed by atoms with Crippen LogP contribution >= 0.6 is 0 Å². The van der Waals surface area contributed by atoms with Crippen molar-refractivity contribution in [3.63, 3.8) is 0 Å². The van der Waals surface area contributed by atoms with Gasteiger partial charge in [0.15, 0.2) is 0 Å². The highest BCUT2D eigenvalue weighted by Crippen LogP contribution is 2.44. The number of piperidine rings is 1. The van der Waals surface area contributed by atoms with E-state index in [-0.39, 0.29) is 11.3 Å². The molecule has 3 heterocycles. The normalized spacial score (nSPS) is 21.3. The Morgan fingerprint density at radius 3 is 2.96 bits per heavy atom. The maximum Gasteiger partial charge on any atom is 0.256 e. The fourth-order valence-corrected chi connectivity index (χ4v) is 4.87. The molecule has 1 N–H and O–H groups in total. The Labute approximate surface area is 164 Å². The summed E-state index contributed by atoms with van der Waals surface area (Å²) in [7, 11) is 3.94. The quantitative estimate of drug-likeness (QED) is 0.747. The van der Waals surface area contributed by atoms with Crippen molar-refractivity contribution >= 4 is 22.8 Å². The van der Waals surface area contributed by atoms with Crippen molar-refractivity contribution in [1.82, 2.24) is 19.9 Å². The first-order valence-corrected chi connectivity index (χ1v) is 9.96. The summed E-state index contributed by atoms with van der Waals surface area (Å²) in [6, 6.07) is 8.00. The maximum atomic E-state index is 13.4. The maximum absolute atomic E-state index is 13.4. The predicted molar refractivity (Wildman–Crippen MR) is 110 cm³/mol. The Balaban J connectivity index is 1.48. The van der Waals surface area contributed by atoms with Crippen LogP contribution in [0.2, 0.25) is 0 Å². The molecule has 1 fully saturated rings. The summed E-state index contributed by atoms with van der Waals surface area (Å²) in [5.41, 5.74) is 4.13. The number of fused-ring (bicyclic) bond motifs is 3. The molecule has 1 aliphatic heterocycles. The number of H-pyrrole nitrogens is 1. The van der Waals surface area contributed by atoms with Crippen LogP contribution in [0.15, 0.2) is 36.7 Å². The lowest BCUT2D eigenvalue weighted by Gasteiger charge is -2.40. The zero-order valence-corrected chi connectivity index (χ0v) is 16.4. The first-order valence-electron chi connectivity index (χ1n) is 9.96. The Morgan fingerprint density at radius 1 is 1.25 bits per heavy atom. The van der Waals surface area contributed by atoms with Crippen LogP contribution in [0.1, 0.15) is 40.9 Å². The van der Waals surface area contributed by atoms with Crippen LogP contribution in [0.4, 0.5) is 5.95 Å². The number of nitrogens with zero attached hydrogens (tertiary/aromatic N) is 4. The number of aryl methyl sites for hydroxylation is 1. The summed E-state index contributed by atoms with van der Waals surface area (Å²) in [4.78, 5) is 30.0. The SMILES string of the molecule is CN(C)c1ncc2c(n1)C1(CCCN(C(=O)c3c[nH]c4ccccc34)C1)CC2. The van der Waals surface area contributed by atoms with Gasteiger partial charge in [-0.25, -0.2) is 9.97 Å². The molecule has 144 valence electrons. The van der Waals surface area contributed by atoms with Crippen molar-refractivity contribution < 1.29 is 4.79 Å². The number of anilines is 1. The number of hydrogen-bond donors (Lipinski definition) is 1. The van der Waals surface area contributed by atoms with E-state index in [0.29, 0.717) is 0 Å². The molecule has 1 aromatic carbocycles. The number of likely N-dealkylation sites (tertiary alicyclic amines) is 1. The van der Waals surface area contributed by atoms with Crippen molar-refractivity contribution in [2.75, 3.05) is 32.1 Å². The lowest BCUT2D eigenvalue weighted by Crippen LogP contribution is -2.48. The van der Waals surface area contributed by atoms with E-state index in [1.165, 1.54) is 5.56 Å². The Hall–Kier alpha value is -2.89. The van der Waals surface area contributed by atoms with Gasteiger partial charge in [0, 0.05) is 55.9 Å². The van der Waals surface area contributed by atoms with Crippen LogP contribution in [0.5, 0.6) is 0 Å². The average Bonchev–Trinajstić information content (AvgIpc) is 3.29. The van der Waals surface area contributed by atoms with Crippen LogP contribution in [-0.2, 0) is 11.8 Å². The second-order valence-corrected chi connectivity index (χ2v) is 8.30. The van der Waals surface area contributed by atoms with E-state index >= 15 is 0 Å². The number of aromatic amines is 1. The summed E-state index contributed by atoms with van der Waals surface area (Å²) in [6.07, 6.45) is 7.97. The van der Waals surface area contributed by atoms with Crippen molar-refractivity contribution in [3.05, 3.63) is 53.5 Å². The van der Waals surface area contributed by atoms with Gasteiger partial charge in [0.25, 0.3) is 5.91 Å². The number of para-hydroxylation sites is 1. The van der Waals surface area contributed by atoms with Gasteiger partial charge in [-0.2, -0.15) is 0 Å². The van der Waals surface area contributed by atoms with E-state index in [4.69, 9.17) is 4.98 Å². The van der Waals surface area contributed by atoms with E-state index in [1.807, 2.05) is 60.6 Å². The second kappa shape index (κ2) is 6.33. The van der Waals surface area contributed by atoms with Gasteiger partial charge in [-0.05, 0) is 37.3 Å². The number of amides is 1. The molecule has 1 aliphatic carbocycles. The molecule has 1 amide bonds. The minimum atomic E-state index is -0.0386. The number of hydrogen-bond acceptors (Lipinski definition) is 4. The largest absolute Gasteiger partial charge is 0.360 e. The molecule has 1 spiro atoms. The van der Waals surface area contributed by atoms with Gasteiger partial charge in [-0.1, -0.05) is 18.2 Å². The minimum absolute atomic E-state index is 0.0386. The zero-order valence-electron chi connectivity index (χ0n) is 16.4. The summed E-state index contributed by atoms with van der Waals surface area (Å²) < 4.78 is 0. The van der Waals surface area contributed by atoms with Gasteiger partial charge in [-0.3, -0.25) is 4.79 Å².